The van der Waals surface area contributed by atoms with Gasteiger partial charge in [0.1, 0.15) is 0 Å². The van der Waals surface area contributed by atoms with E-state index in [2.05, 4.69) is 47.1 Å². The second kappa shape index (κ2) is 6.76. The molecule has 0 spiro atoms. The molecule has 2 aromatic carbocycles. The predicted molar refractivity (Wildman–Crippen MR) is 108 cm³/mol. The Morgan fingerprint density at radius 3 is 2.46 bits per heavy atom. The van der Waals surface area contributed by atoms with Crippen molar-refractivity contribution in [3.8, 4) is 6.07 Å². The minimum absolute atomic E-state index is 0.0236. The zero-order valence-corrected chi connectivity index (χ0v) is 16.2. The number of carbonyl (C=O) groups excluding carboxylic acids is 1. The van der Waals surface area contributed by atoms with E-state index in [1.807, 2.05) is 12.1 Å². The molecule has 4 aliphatic rings. The van der Waals surface area contributed by atoms with Crippen molar-refractivity contribution in [1.29, 1.82) is 5.26 Å². The Bertz CT molecular complexity index is 937. The molecule has 0 saturated carbocycles. The average Bonchev–Trinajstić information content (AvgIpc) is 3.17. The van der Waals surface area contributed by atoms with Crippen LogP contribution < -0.4 is 0 Å². The molecule has 4 fully saturated rings. The molecule has 0 aromatic heterocycles. The molecule has 0 aliphatic carbocycles. The zero-order valence-electron chi connectivity index (χ0n) is 16.2. The number of hydrogen-bond donors (Lipinski definition) is 0. The van der Waals surface area contributed by atoms with Gasteiger partial charge in [-0.1, -0.05) is 42.0 Å². The van der Waals surface area contributed by atoms with Gasteiger partial charge in [0, 0.05) is 18.5 Å². The Kier molecular flexibility index (Phi) is 4.21. The van der Waals surface area contributed by atoms with Crippen molar-refractivity contribution >= 4 is 5.91 Å². The van der Waals surface area contributed by atoms with E-state index in [0.29, 0.717) is 29.0 Å². The first-order chi connectivity index (χ1) is 13.7. The molecule has 1 amide bonds. The molecular weight excluding hydrogens is 346 g/mol. The number of fused-ring (bicyclic) bond motifs is 2. The van der Waals surface area contributed by atoms with Gasteiger partial charge in [-0.05, 0) is 56.5 Å². The third-order valence-corrected chi connectivity index (χ3v) is 7.04. The van der Waals surface area contributed by atoms with Gasteiger partial charge >= 0.3 is 0 Å². The van der Waals surface area contributed by atoms with Crippen molar-refractivity contribution in [3.63, 3.8) is 0 Å². The molecule has 2 aromatic rings. The lowest BCUT2D eigenvalue weighted by Crippen LogP contribution is -2.60. The van der Waals surface area contributed by atoms with Crippen LogP contribution in [0.4, 0.5) is 0 Å². The fraction of sp³-hybridized carbons (Fsp3) is 0.417. The lowest BCUT2D eigenvalue weighted by atomic mass is 9.75. The van der Waals surface area contributed by atoms with Gasteiger partial charge < -0.3 is 4.90 Å². The van der Waals surface area contributed by atoms with Crippen LogP contribution in [0, 0.1) is 24.2 Å². The third kappa shape index (κ3) is 2.65. The Labute approximate surface area is 166 Å². The average molecular weight is 371 g/mol. The summed E-state index contributed by atoms with van der Waals surface area (Å²) in [4.78, 5) is 18.3. The molecule has 142 valence electrons. The molecule has 6 rings (SSSR count). The number of likely N-dealkylation sites (tertiary alicyclic amines) is 1. The van der Waals surface area contributed by atoms with Crippen LogP contribution in [0.3, 0.4) is 0 Å². The van der Waals surface area contributed by atoms with Crippen molar-refractivity contribution in [2.24, 2.45) is 5.92 Å². The van der Waals surface area contributed by atoms with Gasteiger partial charge in [0.25, 0.3) is 5.91 Å². The zero-order chi connectivity index (χ0) is 19.3. The molecule has 2 bridgehead atoms. The van der Waals surface area contributed by atoms with E-state index < -0.39 is 0 Å². The molecular formula is C24H25N3O. The number of nitrogens with zero attached hydrogens (tertiary/aromatic N) is 3. The maximum absolute atomic E-state index is 13.5. The molecule has 0 unspecified atom stereocenters. The van der Waals surface area contributed by atoms with Crippen molar-refractivity contribution < 1.29 is 4.79 Å². The molecule has 0 radical (unpaired) electrons. The number of carbonyl (C=O) groups is 1. The molecule has 3 atom stereocenters. The smallest absolute Gasteiger partial charge is 0.255 e. The lowest BCUT2D eigenvalue weighted by Gasteiger charge is -2.51. The Morgan fingerprint density at radius 1 is 1.04 bits per heavy atom. The normalized spacial score (nSPS) is 30.7. The maximum atomic E-state index is 13.5. The number of amides is 1. The summed E-state index contributed by atoms with van der Waals surface area (Å²) >= 11 is 0. The first-order valence-electron chi connectivity index (χ1n) is 10.3. The van der Waals surface area contributed by atoms with E-state index in [9.17, 15) is 10.1 Å². The van der Waals surface area contributed by atoms with E-state index >= 15 is 0 Å². The predicted octanol–water partition coefficient (Wildman–Crippen LogP) is 3.57. The van der Waals surface area contributed by atoms with Gasteiger partial charge in [-0.15, -0.1) is 0 Å². The van der Waals surface area contributed by atoms with Gasteiger partial charge in [-0.2, -0.15) is 5.26 Å². The van der Waals surface area contributed by atoms with Crippen molar-refractivity contribution in [1.82, 2.24) is 9.80 Å². The molecule has 4 heterocycles. The molecule has 0 N–H and O–H groups in total. The highest BCUT2D eigenvalue weighted by Gasteiger charge is 2.54. The minimum Gasteiger partial charge on any atom is -0.333 e. The fourth-order valence-electron chi connectivity index (χ4n) is 5.68. The number of rotatable bonds is 2. The van der Waals surface area contributed by atoms with Crippen LogP contribution in [0.1, 0.15) is 45.8 Å². The summed E-state index contributed by atoms with van der Waals surface area (Å²) in [5, 5.41) is 9.47. The second-order valence-corrected chi connectivity index (χ2v) is 8.49. The van der Waals surface area contributed by atoms with Crippen LogP contribution in [-0.4, -0.2) is 47.4 Å². The fourth-order valence-corrected chi connectivity index (χ4v) is 5.68. The van der Waals surface area contributed by atoms with Crippen LogP contribution in [-0.2, 0) is 0 Å². The number of aryl methyl sites for hydroxylation is 1. The van der Waals surface area contributed by atoms with Gasteiger partial charge in [-0.3, -0.25) is 9.69 Å². The van der Waals surface area contributed by atoms with E-state index in [1.165, 1.54) is 24.0 Å². The van der Waals surface area contributed by atoms with Crippen LogP contribution in [0.5, 0.6) is 0 Å². The van der Waals surface area contributed by atoms with Gasteiger partial charge in [0.15, 0.2) is 0 Å². The van der Waals surface area contributed by atoms with Crippen molar-refractivity contribution in [2.75, 3.05) is 19.6 Å². The summed E-state index contributed by atoms with van der Waals surface area (Å²) in [7, 11) is 0. The second-order valence-electron chi connectivity index (χ2n) is 8.49. The summed E-state index contributed by atoms with van der Waals surface area (Å²) in [6.45, 7) is 5.14. The summed E-state index contributed by atoms with van der Waals surface area (Å²) < 4.78 is 0. The Balaban J connectivity index is 1.54. The largest absolute Gasteiger partial charge is 0.333 e. The van der Waals surface area contributed by atoms with E-state index in [4.69, 9.17) is 0 Å². The van der Waals surface area contributed by atoms with Crippen LogP contribution >= 0.6 is 0 Å². The summed E-state index contributed by atoms with van der Waals surface area (Å²) in [5.74, 6) is 0.936. The van der Waals surface area contributed by atoms with Crippen LogP contribution in [0.2, 0.25) is 0 Å². The Morgan fingerprint density at radius 2 is 1.75 bits per heavy atom. The lowest BCUT2D eigenvalue weighted by molar-refractivity contribution is -0.00341. The van der Waals surface area contributed by atoms with Crippen LogP contribution in [0.15, 0.2) is 48.5 Å². The first kappa shape index (κ1) is 17.5. The third-order valence-electron chi connectivity index (χ3n) is 7.04. The van der Waals surface area contributed by atoms with E-state index in [0.717, 1.165) is 19.6 Å². The van der Waals surface area contributed by atoms with Crippen molar-refractivity contribution in [2.45, 2.75) is 37.8 Å². The Hall–Kier alpha value is -2.64. The molecule has 4 aliphatic heterocycles. The summed E-state index contributed by atoms with van der Waals surface area (Å²) in [6.07, 6.45) is 2.34. The molecule has 4 nitrogen and oxygen atoms in total. The summed E-state index contributed by atoms with van der Waals surface area (Å²) in [6, 6.07) is 18.9. The van der Waals surface area contributed by atoms with E-state index in [1.54, 1.807) is 12.1 Å². The minimum atomic E-state index is 0.0236. The highest BCUT2D eigenvalue weighted by atomic mass is 16.2. The van der Waals surface area contributed by atoms with Gasteiger partial charge in [0.2, 0.25) is 0 Å². The number of benzene rings is 2. The van der Waals surface area contributed by atoms with E-state index in [-0.39, 0.29) is 11.9 Å². The maximum Gasteiger partial charge on any atom is 0.255 e. The topological polar surface area (TPSA) is 47.3 Å². The standard InChI is InChI=1S/C24H25N3O/c1-16-6-8-17(9-7-16)21-15-27(22-18-10-12-26(13-11-18)23(21)22)24(28)20-5-3-2-4-19(20)14-25/h2-9,18,21-23H,10-13,15H2,1H3/t21-,22+,23+/m0/s1. The molecule has 28 heavy (non-hydrogen) atoms. The first-order valence-corrected chi connectivity index (χ1v) is 10.3. The van der Waals surface area contributed by atoms with Crippen molar-refractivity contribution in [3.05, 3.63) is 70.8 Å². The van der Waals surface area contributed by atoms with Gasteiger partial charge in [0.05, 0.1) is 23.2 Å². The number of piperidine rings is 3. The van der Waals surface area contributed by atoms with Crippen LogP contribution in [0.25, 0.3) is 0 Å². The SMILES string of the molecule is Cc1ccc([C@@H]2CN(C(=O)c3ccccc3C#N)[C@@H]3C4CCN(CC4)[C@@H]32)cc1. The molecule has 4 heteroatoms. The monoisotopic (exact) mass is 371 g/mol. The van der Waals surface area contributed by atoms with Gasteiger partial charge in [-0.25, -0.2) is 0 Å². The summed E-state index contributed by atoms with van der Waals surface area (Å²) in [5.41, 5.74) is 3.62. The molecule has 4 saturated heterocycles. The highest BCUT2D eigenvalue weighted by Crippen LogP contribution is 2.47. The number of nitriles is 1. The number of hydrogen-bond acceptors (Lipinski definition) is 3. The quantitative estimate of drug-likeness (QED) is 0.811. The highest BCUT2D eigenvalue weighted by molar-refractivity contribution is 5.97.